The summed E-state index contributed by atoms with van der Waals surface area (Å²) in [6.07, 6.45) is 10.4. The number of hydrogen-bond acceptors (Lipinski definition) is 7. The molecule has 13 heteroatoms. The van der Waals surface area contributed by atoms with Gasteiger partial charge in [-0.05, 0) is 74.1 Å². The van der Waals surface area contributed by atoms with Crippen molar-refractivity contribution in [2.75, 3.05) is 40.3 Å². The molecule has 5 rings (SSSR count). The quantitative estimate of drug-likeness (QED) is 0.0737. The van der Waals surface area contributed by atoms with Gasteiger partial charge >= 0.3 is 7.60 Å². The number of hydrogen-bond donors (Lipinski definition) is 4. The Bertz CT molecular complexity index is 1450. The summed E-state index contributed by atoms with van der Waals surface area (Å²) in [4.78, 5) is 54.0. The third-order valence-corrected chi connectivity index (χ3v) is 9.80. The molecule has 2 aliphatic heterocycles. The van der Waals surface area contributed by atoms with Crippen molar-refractivity contribution >= 4 is 53.8 Å². The largest absolute Gasteiger partial charge is 0.363 e. The monoisotopic (exact) mass is 720 g/mol. The lowest BCUT2D eigenvalue weighted by Crippen LogP contribution is -2.18. The first-order valence-electron chi connectivity index (χ1n) is 16.8. The van der Waals surface area contributed by atoms with E-state index in [0.717, 1.165) is 36.8 Å². The fraction of sp³-hybridized carbons (Fsp3) is 0.500. The molecule has 0 spiro atoms. The molecule has 272 valence electrons. The van der Waals surface area contributed by atoms with Crippen molar-refractivity contribution in [1.82, 2.24) is 15.1 Å². The average molecular weight is 721 g/mol. The summed E-state index contributed by atoms with van der Waals surface area (Å²) in [6.45, 7) is 10.2. The lowest BCUT2D eigenvalue weighted by atomic mass is 9.90. The van der Waals surface area contributed by atoms with Gasteiger partial charge in [0.25, 0.3) is 5.91 Å². The van der Waals surface area contributed by atoms with E-state index in [1.165, 1.54) is 81.1 Å². The Kier molecular flexibility index (Phi) is 21.4. The number of thiophene rings is 1. The van der Waals surface area contributed by atoms with E-state index in [1.807, 2.05) is 32.0 Å². The van der Waals surface area contributed by atoms with Crippen LogP contribution in [0, 0.1) is 11.3 Å². The van der Waals surface area contributed by atoms with Gasteiger partial charge < -0.3 is 35.1 Å². The Hall–Kier alpha value is -3.28. The van der Waals surface area contributed by atoms with E-state index >= 15 is 0 Å². The Balaban J connectivity index is 0.000000353. The van der Waals surface area contributed by atoms with Gasteiger partial charge in [0.2, 0.25) is 12.3 Å². The second-order valence-electron chi connectivity index (χ2n) is 11.5. The Labute approximate surface area is 294 Å². The summed E-state index contributed by atoms with van der Waals surface area (Å²) >= 11 is 1.23. The number of benzene rings is 2. The van der Waals surface area contributed by atoms with E-state index in [1.54, 1.807) is 17.0 Å². The van der Waals surface area contributed by atoms with Crippen molar-refractivity contribution in [3.8, 4) is 0 Å². The van der Waals surface area contributed by atoms with E-state index in [4.69, 9.17) is 15.2 Å². The number of halogens is 1. The minimum Gasteiger partial charge on any atom is -0.354 e. The number of fused-ring (bicyclic) bond motifs is 1. The number of likely N-dealkylation sites (tertiary alicyclic amines) is 2. The minimum atomic E-state index is -4.82. The molecule has 10 nitrogen and oxygen atoms in total. The Morgan fingerprint density at radius 1 is 1.08 bits per heavy atom. The first-order valence-corrected chi connectivity index (χ1v) is 19.3. The predicted octanol–water partition coefficient (Wildman–Crippen LogP) is 7.42. The minimum absolute atomic E-state index is 0.0953. The van der Waals surface area contributed by atoms with Crippen molar-refractivity contribution in [2.45, 2.75) is 71.1 Å². The fourth-order valence-corrected chi connectivity index (χ4v) is 6.70. The maximum Gasteiger partial charge on any atom is 0.363 e. The van der Waals surface area contributed by atoms with E-state index in [2.05, 4.69) is 36.3 Å². The summed E-state index contributed by atoms with van der Waals surface area (Å²) in [5, 5.41) is 10.4. The number of aldehydes is 1. The standard InChI is InChI=1S/C12H14N2O.C11H11FNO4PS.C6H12O.C5H11N.C2H6/c13-6-11-7-14(9-15)8-12(11)10-4-2-1-3-5-10;1-13-11(14)9-5-7-4-6(2-3-8(7)19-9)10(12)18(15,16)17;1-2-3-4-5-6-7;1-6-4-2-3-5-6;1-2/h1-6,9,11-13H,7-8H2;2-5,10H,1H3,(H,13,14)(H2,15,16,17);6H,2-5H2,1H3;2-5H2,1H3;1-2H3. The van der Waals surface area contributed by atoms with Gasteiger partial charge in [-0.25, -0.2) is 4.39 Å². The van der Waals surface area contributed by atoms with Gasteiger partial charge in [0.1, 0.15) is 6.29 Å². The van der Waals surface area contributed by atoms with Crippen LogP contribution in [0.2, 0.25) is 0 Å². The van der Waals surface area contributed by atoms with Crippen molar-refractivity contribution < 1.29 is 33.1 Å². The van der Waals surface area contributed by atoms with Crippen LogP contribution in [0.25, 0.3) is 10.1 Å². The van der Waals surface area contributed by atoms with Crippen LogP contribution in [0.4, 0.5) is 4.39 Å². The molecule has 0 radical (unpaired) electrons. The van der Waals surface area contributed by atoms with E-state index in [9.17, 15) is 23.3 Å². The molecule has 3 unspecified atom stereocenters. The molecule has 0 aliphatic carbocycles. The van der Waals surface area contributed by atoms with E-state index < -0.39 is 13.5 Å². The molecule has 2 amide bonds. The van der Waals surface area contributed by atoms with Gasteiger partial charge in [0.05, 0.1) is 4.88 Å². The Morgan fingerprint density at radius 3 is 2.22 bits per heavy atom. The number of alkyl halides is 1. The van der Waals surface area contributed by atoms with Gasteiger partial charge in [0.15, 0.2) is 0 Å². The number of carbonyl (C=O) groups is 3. The smallest absolute Gasteiger partial charge is 0.354 e. The van der Waals surface area contributed by atoms with Gasteiger partial charge in [-0.2, -0.15) is 0 Å². The van der Waals surface area contributed by atoms with Gasteiger partial charge in [-0.15, -0.1) is 11.3 Å². The van der Waals surface area contributed by atoms with Crippen molar-refractivity contribution in [3.63, 3.8) is 0 Å². The highest BCUT2D eigenvalue weighted by molar-refractivity contribution is 7.51. The van der Waals surface area contributed by atoms with Crippen LogP contribution in [-0.4, -0.2) is 84.7 Å². The van der Waals surface area contributed by atoms with Gasteiger partial charge in [-0.1, -0.05) is 70.0 Å². The summed E-state index contributed by atoms with van der Waals surface area (Å²) in [7, 11) is -1.14. The summed E-state index contributed by atoms with van der Waals surface area (Å²) in [5.74, 6) is -2.15. The van der Waals surface area contributed by atoms with Crippen molar-refractivity contribution in [3.05, 3.63) is 70.6 Å². The average Bonchev–Trinajstić information content (AvgIpc) is 3.89. The zero-order valence-corrected chi connectivity index (χ0v) is 31.1. The molecule has 0 saturated carbocycles. The molecule has 2 aliphatic rings. The Morgan fingerprint density at radius 2 is 1.73 bits per heavy atom. The molecule has 2 saturated heterocycles. The number of nitrogens with one attached hydrogen (secondary N) is 2. The molecule has 3 heterocycles. The van der Waals surface area contributed by atoms with Crippen molar-refractivity contribution in [1.29, 1.82) is 5.41 Å². The molecule has 2 fully saturated rings. The zero-order valence-electron chi connectivity index (χ0n) is 29.4. The summed E-state index contributed by atoms with van der Waals surface area (Å²) in [6, 6.07) is 15.9. The molecular formula is C36H54FN4O6PS. The SMILES string of the molecule is CC.CCCCCC=O.CN1CCCC1.CNC(=O)c1cc2cc(C(F)P(=O)(O)O)ccc2s1.N=CC1CN(C=O)CC1c1ccccc1. The number of amides is 2. The topological polar surface area (TPSA) is 151 Å². The third-order valence-electron chi connectivity index (χ3n) is 7.80. The summed E-state index contributed by atoms with van der Waals surface area (Å²) in [5.41, 5.74) is 1.12. The first-order chi connectivity index (χ1) is 23.5. The summed E-state index contributed by atoms with van der Waals surface area (Å²) < 4.78 is 25.2. The van der Waals surface area contributed by atoms with E-state index in [0.29, 0.717) is 16.8 Å². The highest BCUT2D eigenvalue weighted by Gasteiger charge is 2.32. The molecular weight excluding hydrogens is 666 g/mol. The first kappa shape index (κ1) is 43.7. The zero-order chi connectivity index (χ0) is 36.8. The van der Waals surface area contributed by atoms with Crippen molar-refractivity contribution in [2.24, 2.45) is 5.92 Å². The molecule has 2 aromatic carbocycles. The highest BCUT2D eigenvalue weighted by Crippen LogP contribution is 2.53. The highest BCUT2D eigenvalue weighted by atomic mass is 32.1. The molecule has 49 heavy (non-hydrogen) atoms. The lowest BCUT2D eigenvalue weighted by Gasteiger charge is -2.13. The normalized spacial score (nSPS) is 17.4. The maximum atomic E-state index is 13.6. The van der Waals surface area contributed by atoms with Gasteiger partial charge in [-0.3, -0.25) is 14.2 Å². The maximum absolute atomic E-state index is 13.6. The second kappa shape index (κ2) is 24.0. The molecule has 3 aromatic rings. The molecule has 3 atom stereocenters. The molecule has 0 bridgehead atoms. The number of rotatable bonds is 10. The number of unbranched alkanes of at least 4 members (excludes halogenated alkanes) is 3. The van der Waals surface area contributed by atoms with Crippen LogP contribution >= 0.6 is 18.9 Å². The third kappa shape index (κ3) is 15.4. The van der Waals surface area contributed by atoms with Gasteiger partial charge in [0, 0.05) is 49.3 Å². The fourth-order valence-electron chi connectivity index (χ4n) is 5.16. The van der Waals surface area contributed by atoms with Crippen LogP contribution in [-0.2, 0) is 14.2 Å². The van der Waals surface area contributed by atoms with Crippen LogP contribution in [0.15, 0.2) is 54.6 Å². The van der Waals surface area contributed by atoms with Crippen LogP contribution in [0.5, 0.6) is 0 Å². The van der Waals surface area contributed by atoms with Crippen LogP contribution in [0.3, 0.4) is 0 Å². The second-order valence-corrected chi connectivity index (χ2v) is 14.2. The van der Waals surface area contributed by atoms with Crippen LogP contribution in [0.1, 0.15) is 91.9 Å². The van der Waals surface area contributed by atoms with Crippen LogP contribution < -0.4 is 5.32 Å². The molecule has 1 aromatic heterocycles. The number of nitrogens with zero attached hydrogens (tertiary/aromatic N) is 2. The van der Waals surface area contributed by atoms with E-state index in [-0.39, 0.29) is 23.3 Å². The number of carbonyl (C=O) groups excluding carboxylic acids is 3. The lowest BCUT2D eigenvalue weighted by molar-refractivity contribution is -0.117. The predicted molar refractivity (Wildman–Crippen MR) is 198 cm³/mol. The molecule has 4 N–H and O–H groups in total.